The van der Waals surface area contributed by atoms with Gasteiger partial charge in [0.2, 0.25) is 5.78 Å². The number of carbonyl (C=O) groups excluding carboxylic acids is 1. The Kier molecular flexibility index (Phi) is 3.41. The SMILES string of the molecule is CC1=C(C)C[C@H](C#N)[C@@H](C(=O)C(F)(F)F)C1. The van der Waals surface area contributed by atoms with E-state index >= 15 is 0 Å². The summed E-state index contributed by atoms with van der Waals surface area (Å²) in [5, 5.41) is 8.79. The number of hydrogen-bond donors (Lipinski definition) is 0. The standard InChI is InChI=1S/C11H12F3NO/c1-6-3-8(5-15)9(4-7(6)2)10(16)11(12,13)14/h8-9H,3-4H2,1-2H3/t8-,9+/m1/s1. The number of alkyl halides is 3. The van der Waals surface area contributed by atoms with Crippen molar-refractivity contribution in [1.29, 1.82) is 5.26 Å². The van der Waals surface area contributed by atoms with E-state index in [2.05, 4.69) is 0 Å². The van der Waals surface area contributed by atoms with Gasteiger partial charge in [-0.15, -0.1) is 0 Å². The number of halogens is 3. The van der Waals surface area contributed by atoms with Crippen LogP contribution in [0.2, 0.25) is 0 Å². The molecule has 0 N–H and O–H groups in total. The maximum absolute atomic E-state index is 12.3. The van der Waals surface area contributed by atoms with Gasteiger partial charge in [-0.1, -0.05) is 11.1 Å². The summed E-state index contributed by atoms with van der Waals surface area (Å²) in [4.78, 5) is 11.1. The van der Waals surface area contributed by atoms with E-state index in [4.69, 9.17) is 5.26 Å². The number of hydrogen-bond acceptors (Lipinski definition) is 2. The zero-order valence-corrected chi connectivity index (χ0v) is 9.06. The molecule has 1 aliphatic rings. The number of carbonyl (C=O) groups is 1. The van der Waals surface area contributed by atoms with Crippen LogP contribution in [-0.4, -0.2) is 12.0 Å². The molecule has 0 aromatic heterocycles. The van der Waals surface area contributed by atoms with Crippen molar-refractivity contribution in [2.75, 3.05) is 0 Å². The van der Waals surface area contributed by atoms with Crippen LogP contribution in [0.25, 0.3) is 0 Å². The van der Waals surface area contributed by atoms with Crippen molar-refractivity contribution < 1.29 is 18.0 Å². The van der Waals surface area contributed by atoms with E-state index in [0.29, 0.717) is 0 Å². The molecule has 5 heteroatoms. The average Bonchev–Trinajstić information content (AvgIpc) is 2.19. The van der Waals surface area contributed by atoms with Crippen LogP contribution in [0.3, 0.4) is 0 Å². The maximum Gasteiger partial charge on any atom is 0.450 e. The Morgan fingerprint density at radius 3 is 2.25 bits per heavy atom. The lowest BCUT2D eigenvalue weighted by Crippen LogP contribution is -2.36. The Hall–Kier alpha value is -1.31. The fraction of sp³-hybridized carbons (Fsp3) is 0.636. The molecule has 0 aromatic rings. The molecular weight excluding hydrogens is 219 g/mol. The van der Waals surface area contributed by atoms with Gasteiger partial charge in [-0.25, -0.2) is 0 Å². The molecule has 0 aliphatic heterocycles. The number of allylic oxidation sites excluding steroid dienone is 2. The molecule has 0 fully saturated rings. The Morgan fingerprint density at radius 1 is 1.31 bits per heavy atom. The van der Waals surface area contributed by atoms with E-state index in [1.54, 1.807) is 19.9 Å². The summed E-state index contributed by atoms with van der Waals surface area (Å²) in [6.07, 6.45) is -4.54. The molecule has 0 amide bonds. The molecule has 0 saturated carbocycles. The fourth-order valence-electron chi connectivity index (χ4n) is 1.91. The van der Waals surface area contributed by atoms with Crippen LogP contribution in [0.5, 0.6) is 0 Å². The predicted molar refractivity (Wildman–Crippen MR) is 51.3 cm³/mol. The zero-order chi connectivity index (χ0) is 12.5. The number of nitriles is 1. The summed E-state index contributed by atoms with van der Waals surface area (Å²) in [5.74, 6) is -3.85. The predicted octanol–water partition coefficient (Wildman–Crippen LogP) is 3.00. The van der Waals surface area contributed by atoms with Crippen molar-refractivity contribution in [3.05, 3.63) is 11.1 Å². The zero-order valence-electron chi connectivity index (χ0n) is 9.06. The first-order valence-electron chi connectivity index (χ1n) is 4.93. The first kappa shape index (κ1) is 12.8. The second kappa shape index (κ2) is 4.28. The van der Waals surface area contributed by atoms with Crippen molar-refractivity contribution in [3.8, 4) is 6.07 Å². The van der Waals surface area contributed by atoms with Crippen molar-refractivity contribution in [2.24, 2.45) is 11.8 Å². The summed E-state index contributed by atoms with van der Waals surface area (Å²) in [5.41, 5.74) is 1.70. The van der Waals surface area contributed by atoms with Gasteiger partial charge in [0.15, 0.2) is 0 Å². The van der Waals surface area contributed by atoms with E-state index in [9.17, 15) is 18.0 Å². The van der Waals surface area contributed by atoms with Crippen LogP contribution in [0, 0.1) is 23.2 Å². The molecule has 0 radical (unpaired) electrons. The minimum Gasteiger partial charge on any atom is -0.289 e. The molecular formula is C11H12F3NO. The molecule has 2 atom stereocenters. The highest BCUT2D eigenvalue weighted by Crippen LogP contribution is 2.37. The smallest absolute Gasteiger partial charge is 0.289 e. The number of nitrogens with zero attached hydrogens (tertiary/aromatic N) is 1. The van der Waals surface area contributed by atoms with Gasteiger partial charge < -0.3 is 0 Å². The minimum absolute atomic E-state index is 0.0441. The summed E-state index contributed by atoms with van der Waals surface area (Å²) in [6, 6.07) is 1.80. The topological polar surface area (TPSA) is 40.9 Å². The van der Waals surface area contributed by atoms with Crippen LogP contribution in [0.15, 0.2) is 11.1 Å². The normalized spacial score (nSPS) is 26.5. The van der Waals surface area contributed by atoms with Gasteiger partial charge >= 0.3 is 6.18 Å². The molecule has 0 heterocycles. The van der Waals surface area contributed by atoms with E-state index in [1.807, 2.05) is 0 Å². The number of ketones is 1. The molecule has 88 valence electrons. The Labute approximate surface area is 91.7 Å². The van der Waals surface area contributed by atoms with E-state index in [-0.39, 0.29) is 12.8 Å². The monoisotopic (exact) mass is 231 g/mol. The molecule has 1 rings (SSSR count). The molecule has 16 heavy (non-hydrogen) atoms. The van der Waals surface area contributed by atoms with Gasteiger partial charge in [-0.05, 0) is 26.7 Å². The number of rotatable bonds is 1. The number of Topliss-reactive ketones (excluding diaryl/α,β-unsaturated/α-hetero) is 1. The Balaban J connectivity index is 2.98. The van der Waals surface area contributed by atoms with Crippen LogP contribution in [-0.2, 0) is 4.79 Å². The van der Waals surface area contributed by atoms with Crippen molar-refractivity contribution in [1.82, 2.24) is 0 Å². The van der Waals surface area contributed by atoms with Crippen LogP contribution < -0.4 is 0 Å². The highest BCUT2D eigenvalue weighted by atomic mass is 19.4. The second-order valence-corrected chi connectivity index (χ2v) is 4.17. The van der Waals surface area contributed by atoms with E-state index in [1.165, 1.54) is 0 Å². The lowest BCUT2D eigenvalue weighted by molar-refractivity contribution is -0.176. The Morgan fingerprint density at radius 2 is 1.81 bits per heavy atom. The van der Waals surface area contributed by atoms with Crippen LogP contribution >= 0.6 is 0 Å². The van der Waals surface area contributed by atoms with E-state index < -0.39 is 23.8 Å². The van der Waals surface area contributed by atoms with Gasteiger partial charge in [-0.2, -0.15) is 18.4 Å². The highest BCUT2D eigenvalue weighted by molar-refractivity contribution is 5.87. The summed E-state index contributed by atoms with van der Waals surface area (Å²) in [6.45, 7) is 3.49. The van der Waals surface area contributed by atoms with Crippen LogP contribution in [0.4, 0.5) is 13.2 Å². The molecule has 0 saturated heterocycles. The molecule has 0 spiro atoms. The van der Waals surface area contributed by atoms with Gasteiger partial charge in [0.05, 0.1) is 12.0 Å². The van der Waals surface area contributed by atoms with Gasteiger partial charge in [-0.3, -0.25) is 4.79 Å². The lowest BCUT2D eigenvalue weighted by atomic mass is 9.75. The third-order valence-electron chi connectivity index (χ3n) is 3.05. The molecule has 2 nitrogen and oxygen atoms in total. The van der Waals surface area contributed by atoms with Crippen molar-refractivity contribution >= 4 is 5.78 Å². The highest BCUT2D eigenvalue weighted by Gasteiger charge is 2.47. The van der Waals surface area contributed by atoms with Crippen molar-refractivity contribution in [2.45, 2.75) is 32.9 Å². The first-order chi connectivity index (χ1) is 7.27. The summed E-state index contributed by atoms with van der Waals surface area (Å²) >= 11 is 0. The Bertz CT molecular complexity index is 376. The van der Waals surface area contributed by atoms with Gasteiger partial charge in [0, 0.05) is 5.92 Å². The molecule has 0 bridgehead atoms. The first-order valence-corrected chi connectivity index (χ1v) is 4.93. The minimum atomic E-state index is -4.84. The second-order valence-electron chi connectivity index (χ2n) is 4.17. The average molecular weight is 231 g/mol. The molecule has 1 aliphatic carbocycles. The quantitative estimate of drug-likeness (QED) is 0.651. The maximum atomic E-state index is 12.3. The lowest BCUT2D eigenvalue weighted by Gasteiger charge is -2.28. The summed E-state index contributed by atoms with van der Waals surface area (Å²) < 4.78 is 36.9. The van der Waals surface area contributed by atoms with Gasteiger partial charge in [0.25, 0.3) is 0 Å². The third kappa shape index (κ3) is 2.43. The van der Waals surface area contributed by atoms with Crippen LogP contribution in [0.1, 0.15) is 26.7 Å². The molecule has 0 unspecified atom stereocenters. The van der Waals surface area contributed by atoms with E-state index in [0.717, 1.165) is 11.1 Å². The molecule has 0 aromatic carbocycles. The largest absolute Gasteiger partial charge is 0.450 e. The third-order valence-corrected chi connectivity index (χ3v) is 3.05. The van der Waals surface area contributed by atoms with Gasteiger partial charge in [0.1, 0.15) is 0 Å². The van der Waals surface area contributed by atoms with Crippen molar-refractivity contribution in [3.63, 3.8) is 0 Å². The summed E-state index contributed by atoms with van der Waals surface area (Å²) in [7, 11) is 0. The fourth-order valence-corrected chi connectivity index (χ4v) is 1.91.